The van der Waals surface area contributed by atoms with Crippen LogP contribution in [-0.2, 0) is 11.3 Å². The molecule has 0 heterocycles. The summed E-state index contributed by atoms with van der Waals surface area (Å²) in [5, 5.41) is 9.99. The van der Waals surface area contributed by atoms with Crippen molar-refractivity contribution in [1.82, 2.24) is 4.90 Å². The molecule has 0 aliphatic rings. The Hall–Kier alpha value is -1.10. The molecule has 0 saturated heterocycles. The molecule has 0 amide bonds. The summed E-state index contributed by atoms with van der Waals surface area (Å²) in [5.41, 5.74) is 0.892. The molecule has 4 nitrogen and oxygen atoms in total. The normalized spacial score (nSPS) is 13.6. The van der Waals surface area contributed by atoms with Crippen LogP contribution in [0.4, 0.5) is 0 Å². The topological polar surface area (TPSA) is 41.9 Å². The smallest absolute Gasteiger partial charge is 0.123 e. The molecule has 0 aromatic heterocycles. The number of hydrogen-bond acceptors (Lipinski definition) is 4. The van der Waals surface area contributed by atoms with Gasteiger partial charge < -0.3 is 14.6 Å². The van der Waals surface area contributed by atoms with Crippen molar-refractivity contribution >= 4 is 0 Å². The SMILES string of the molecule is COc1ccccc1CN(C)CC(O)COC(C)(C)C. The zero-order valence-electron chi connectivity index (χ0n) is 13.2. The van der Waals surface area contributed by atoms with E-state index in [1.165, 1.54) is 0 Å². The standard InChI is InChI=1S/C16H27NO3/c1-16(2,3)20-12-14(18)11-17(4)10-13-8-6-7-9-15(13)19-5/h6-9,14,18H,10-12H2,1-5H3. The highest BCUT2D eigenvalue weighted by Crippen LogP contribution is 2.18. The van der Waals surface area contributed by atoms with E-state index in [1.54, 1.807) is 7.11 Å². The number of nitrogens with zero attached hydrogens (tertiary/aromatic N) is 1. The van der Waals surface area contributed by atoms with Crippen LogP contribution in [-0.4, -0.2) is 49.0 Å². The second kappa shape index (κ2) is 7.62. The van der Waals surface area contributed by atoms with Crippen molar-refractivity contribution in [3.63, 3.8) is 0 Å². The summed E-state index contributed by atoms with van der Waals surface area (Å²) in [6.45, 7) is 7.60. The highest BCUT2D eigenvalue weighted by Gasteiger charge is 2.15. The molecule has 0 radical (unpaired) electrons. The molecule has 0 aliphatic heterocycles. The zero-order valence-corrected chi connectivity index (χ0v) is 13.2. The molecule has 1 N–H and O–H groups in total. The Bertz CT molecular complexity index is 401. The van der Waals surface area contributed by atoms with Gasteiger partial charge in [0.1, 0.15) is 5.75 Å². The number of benzene rings is 1. The lowest BCUT2D eigenvalue weighted by Crippen LogP contribution is -2.34. The highest BCUT2D eigenvalue weighted by atomic mass is 16.5. The minimum Gasteiger partial charge on any atom is -0.496 e. The van der Waals surface area contributed by atoms with Gasteiger partial charge in [0, 0.05) is 18.7 Å². The first-order chi connectivity index (χ1) is 9.31. The third-order valence-electron chi connectivity index (χ3n) is 2.86. The molecular formula is C16H27NO3. The number of hydrogen-bond donors (Lipinski definition) is 1. The van der Waals surface area contributed by atoms with E-state index in [2.05, 4.69) is 4.90 Å². The van der Waals surface area contributed by atoms with Crippen LogP contribution in [0.2, 0.25) is 0 Å². The van der Waals surface area contributed by atoms with Crippen LogP contribution in [0.5, 0.6) is 5.75 Å². The number of para-hydroxylation sites is 1. The van der Waals surface area contributed by atoms with E-state index in [1.807, 2.05) is 52.1 Å². The summed E-state index contributed by atoms with van der Waals surface area (Å²) >= 11 is 0. The average Bonchev–Trinajstić information content (AvgIpc) is 2.36. The van der Waals surface area contributed by atoms with Gasteiger partial charge in [-0.05, 0) is 33.9 Å². The van der Waals surface area contributed by atoms with Crippen LogP contribution in [0.3, 0.4) is 0 Å². The van der Waals surface area contributed by atoms with Gasteiger partial charge in [0.2, 0.25) is 0 Å². The minimum atomic E-state index is -0.492. The predicted molar refractivity (Wildman–Crippen MR) is 81.0 cm³/mol. The van der Waals surface area contributed by atoms with Crippen molar-refractivity contribution in [3.8, 4) is 5.75 Å². The predicted octanol–water partition coefficient (Wildman–Crippen LogP) is 2.30. The minimum absolute atomic E-state index is 0.220. The van der Waals surface area contributed by atoms with E-state index in [4.69, 9.17) is 9.47 Å². The first-order valence-electron chi connectivity index (χ1n) is 6.94. The van der Waals surface area contributed by atoms with Crippen molar-refractivity contribution in [3.05, 3.63) is 29.8 Å². The summed E-state index contributed by atoms with van der Waals surface area (Å²) in [5.74, 6) is 0.875. The van der Waals surface area contributed by atoms with Gasteiger partial charge >= 0.3 is 0 Å². The number of likely N-dealkylation sites (N-methyl/N-ethyl adjacent to an activating group) is 1. The summed E-state index contributed by atoms with van der Waals surface area (Å²) in [7, 11) is 3.65. The van der Waals surface area contributed by atoms with Crippen LogP contribution < -0.4 is 4.74 Å². The summed E-state index contributed by atoms with van der Waals surface area (Å²) in [6.07, 6.45) is -0.492. The third kappa shape index (κ3) is 6.37. The van der Waals surface area contributed by atoms with Crippen LogP contribution in [0.25, 0.3) is 0 Å². The largest absolute Gasteiger partial charge is 0.496 e. The van der Waals surface area contributed by atoms with E-state index in [9.17, 15) is 5.11 Å². The Morgan fingerprint density at radius 3 is 2.50 bits per heavy atom. The van der Waals surface area contributed by atoms with Gasteiger partial charge in [-0.3, -0.25) is 4.90 Å². The van der Waals surface area contributed by atoms with Crippen molar-refractivity contribution < 1.29 is 14.6 Å². The number of ether oxygens (including phenoxy) is 2. The molecule has 1 unspecified atom stereocenters. The Morgan fingerprint density at radius 2 is 1.90 bits per heavy atom. The van der Waals surface area contributed by atoms with Crippen LogP contribution >= 0.6 is 0 Å². The monoisotopic (exact) mass is 281 g/mol. The summed E-state index contributed by atoms with van der Waals surface area (Å²) in [6, 6.07) is 7.93. The molecule has 4 heteroatoms. The van der Waals surface area contributed by atoms with Crippen molar-refractivity contribution in [2.45, 2.75) is 39.0 Å². The van der Waals surface area contributed by atoms with Crippen LogP contribution in [0.15, 0.2) is 24.3 Å². The Labute approximate surface area is 122 Å². The Balaban J connectivity index is 2.45. The van der Waals surface area contributed by atoms with Gasteiger partial charge in [-0.15, -0.1) is 0 Å². The van der Waals surface area contributed by atoms with E-state index in [-0.39, 0.29) is 5.60 Å². The molecule has 114 valence electrons. The maximum absolute atomic E-state index is 9.99. The molecule has 0 fully saturated rings. The molecule has 1 atom stereocenters. The number of methoxy groups -OCH3 is 1. The van der Waals surface area contributed by atoms with Crippen molar-refractivity contribution in [1.29, 1.82) is 0 Å². The van der Waals surface area contributed by atoms with E-state index in [0.717, 1.165) is 17.9 Å². The maximum atomic E-state index is 9.99. The number of aliphatic hydroxyl groups is 1. The van der Waals surface area contributed by atoms with Gasteiger partial charge in [-0.25, -0.2) is 0 Å². The molecule has 20 heavy (non-hydrogen) atoms. The van der Waals surface area contributed by atoms with Gasteiger partial charge in [0.15, 0.2) is 0 Å². The fraction of sp³-hybridized carbons (Fsp3) is 0.625. The average molecular weight is 281 g/mol. The number of aliphatic hydroxyl groups excluding tert-OH is 1. The lowest BCUT2D eigenvalue weighted by Gasteiger charge is -2.25. The first-order valence-corrected chi connectivity index (χ1v) is 6.94. The summed E-state index contributed by atoms with van der Waals surface area (Å²) < 4.78 is 10.9. The quantitative estimate of drug-likeness (QED) is 0.833. The maximum Gasteiger partial charge on any atom is 0.123 e. The third-order valence-corrected chi connectivity index (χ3v) is 2.86. The Kier molecular flexibility index (Phi) is 6.46. The Morgan fingerprint density at radius 1 is 1.25 bits per heavy atom. The van der Waals surface area contributed by atoms with Gasteiger partial charge in [-0.2, -0.15) is 0 Å². The van der Waals surface area contributed by atoms with Gasteiger partial charge in [0.25, 0.3) is 0 Å². The fourth-order valence-electron chi connectivity index (χ4n) is 1.95. The highest BCUT2D eigenvalue weighted by molar-refractivity contribution is 5.32. The van der Waals surface area contributed by atoms with E-state index < -0.39 is 6.10 Å². The second-order valence-electron chi connectivity index (χ2n) is 6.09. The first kappa shape index (κ1) is 17.0. The number of rotatable bonds is 7. The molecule has 1 aromatic carbocycles. The molecule has 0 bridgehead atoms. The van der Waals surface area contributed by atoms with Crippen LogP contribution in [0, 0.1) is 0 Å². The van der Waals surface area contributed by atoms with Crippen molar-refractivity contribution in [2.24, 2.45) is 0 Å². The van der Waals surface area contributed by atoms with Crippen molar-refractivity contribution in [2.75, 3.05) is 27.3 Å². The molecular weight excluding hydrogens is 254 g/mol. The van der Waals surface area contributed by atoms with Gasteiger partial charge in [-0.1, -0.05) is 18.2 Å². The lowest BCUT2D eigenvalue weighted by atomic mass is 10.2. The molecule has 0 aliphatic carbocycles. The summed E-state index contributed by atoms with van der Waals surface area (Å²) in [4.78, 5) is 2.06. The van der Waals surface area contributed by atoms with Gasteiger partial charge in [0.05, 0.1) is 25.4 Å². The molecule has 1 rings (SSSR count). The fourth-order valence-corrected chi connectivity index (χ4v) is 1.95. The zero-order chi connectivity index (χ0) is 15.2. The second-order valence-corrected chi connectivity index (χ2v) is 6.09. The lowest BCUT2D eigenvalue weighted by molar-refractivity contribution is -0.0550. The van der Waals surface area contributed by atoms with Crippen LogP contribution in [0.1, 0.15) is 26.3 Å². The molecule has 0 saturated carbocycles. The van der Waals surface area contributed by atoms with E-state index in [0.29, 0.717) is 13.2 Å². The molecule has 1 aromatic rings. The van der Waals surface area contributed by atoms with E-state index >= 15 is 0 Å². The molecule has 0 spiro atoms.